The molecule has 3 atom stereocenters. The lowest BCUT2D eigenvalue weighted by Gasteiger charge is -2.19. The van der Waals surface area contributed by atoms with Crippen molar-refractivity contribution < 1.29 is 14.6 Å². The summed E-state index contributed by atoms with van der Waals surface area (Å²) in [5.41, 5.74) is 0.0869. The lowest BCUT2D eigenvalue weighted by atomic mass is 9.89. The van der Waals surface area contributed by atoms with Gasteiger partial charge in [-0.25, -0.2) is 4.79 Å². The van der Waals surface area contributed by atoms with Crippen molar-refractivity contribution in [3.63, 3.8) is 0 Å². The van der Waals surface area contributed by atoms with E-state index in [0.717, 1.165) is 19.3 Å². The van der Waals surface area contributed by atoms with Crippen molar-refractivity contribution in [3.05, 3.63) is 12.3 Å². The van der Waals surface area contributed by atoms with E-state index in [2.05, 4.69) is 11.9 Å². The molecule has 0 amide bonds. The number of carboxylic acid groups (broad SMARTS) is 1. The second-order valence-corrected chi connectivity index (χ2v) is 4.06. The van der Waals surface area contributed by atoms with Gasteiger partial charge in [0, 0.05) is 6.54 Å². The van der Waals surface area contributed by atoms with Crippen LogP contribution in [0, 0.1) is 5.92 Å². The molecule has 2 aliphatic rings. The Labute approximate surface area is 82.9 Å². The molecule has 0 aromatic carbocycles. The number of fused-ring (bicyclic) bond motifs is 1. The van der Waals surface area contributed by atoms with Gasteiger partial charge in [-0.05, 0) is 25.2 Å². The quantitative estimate of drug-likeness (QED) is 0.515. The summed E-state index contributed by atoms with van der Waals surface area (Å²) in [4.78, 5) is 10.5. The standard InChI is InChI=1S/C10H15NO3/c1-6(10(12)13)11-5-7-2-3-8-9(4-7)14-8/h7-9,11H,1-5H2,(H,12,13). The monoisotopic (exact) mass is 197 g/mol. The van der Waals surface area contributed by atoms with E-state index in [-0.39, 0.29) is 5.70 Å². The summed E-state index contributed by atoms with van der Waals surface area (Å²) in [5.74, 6) is -0.434. The van der Waals surface area contributed by atoms with Crippen LogP contribution in [0.5, 0.6) is 0 Å². The van der Waals surface area contributed by atoms with E-state index in [9.17, 15) is 4.79 Å². The van der Waals surface area contributed by atoms with Crippen LogP contribution in [-0.2, 0) is 9.53 Å². The third kappa shape index (κ3) is 2.07. The predicted octanol–water partition coefficient (Wildman–Crippen LogP) is 0.742. The maximum atomic E-state index is 10.5. The number of ether oxygens (including phenoxy) is 1. The molecule has 4 heteroatoms. The van der Waals surface area contributed by atoms with Crippen LogP contribution in [0.25, 0.3) is 0 Å². The van der Waals surface area contributed by atoms with Crippen molar-refractivity contribution in [2.24, 2.45) is 5.92 Å². The molecular weight excluding hydrogens is 182 g/mol. The molecule has 2 fully saturated rings. The fourth-order valence-corrected chi connectivity index (χ4v) is 2.02. The van der Waals surface area contributed by atoms with E-state index in [0.29, 0.717) is 24.7 Å². The van der Waals surface area contributed by atoms with E-state index in [4.69, 9.17) is 9.84 Å². The minimum Gasteiger partial charge on any atom is -0.477 e. The Kier molecular flexibility index (Phi) is 2.46. The summed E-state index contributed by atoms with van der Waals surface area (Å²) < 4.78 is 5.40. The number of epoxide rings is 1. The van der Waals surface area contributed by atoms with Gasteiger partial charge in [-0.15, -0.1) is 0 Å². The van der Waals surface area contributed by atoms with Crippen molar-refractivity contribution in [2.75, 3.05) is 6.54 Å². The average Bonchev–Trinajstić information content (AvgIpc) is 2.91. The third-order valence-electron chi connectivity index (χ3n) is 2.98. The fourth-order valence-electron chi connectivity index (χ4n) is 2.02. The van der Waals surface area contributed by atoms with Crippen molar-refractivity contribution in [2.45, 2.75) is 31.5 Å². The van der Waals surface area contributed by atoms with Crippen LogP contribution in [-0.4, -0.2) is 29.8 Å². The van der Waals surface area contributed by atoms with Crippen molar-refractivity contribution in [3.8, 4) is 0 Å². The first kappa shape index (κ1) is 9.52. The average molecular weight is 197 g/mol. The highest BCUT2D eigenvalue weighted by atomic mass is 16.6. The van der Waals surface area contributed by atoms with Gasteiger partial charge in [-0.1, -0.05) is 6.58 Å². The van der Waals surface area contributed by atoms with Crippen molar-refractivity contribution >= 4 is 5.97 Å². The second kappa shape index (κ2) is 3.61. The summed E-state index contributed by atoms with van der Waals surface area (Å²) in [5, 5.41) is 11.4. The molecule has 1 aliphatic heterocycles. The summed E-state index contributed by atoms with van der Waals surface area (Å²) in [6, 6.07) is 0. The van der Waals surface area contributed by atoms with Gasteiger partial charge >= 0.3 is 5.97 Å². The maximum absolute atomic E-state index is 10.5. The molecule has 1 heterocycles. The molecule has 1 saturated carbocycles. The molecule has 14 heavy (non-hydrogen) atoms. The van der Waals surface area contributed by atoms with Gasteiger partial charge in [0.1, 0.15) is 5.70 Å². The Morgan fingerprint density at radius 2 is 2.29 bits per heavy atom. The number of carbonyl (C=O) groups is 1. The van der Waals surface area contributed by atoms with Gasteiger partial charge in [0.15, 0.2) is 0 Å². The zero-order valence-corrected chi connectivity index (χ0v) is 8.03. The van der Waals surface area contributed by atoms with Crippen molar-refractivity contribution in [1.29, 1.82) is 0 Å². The van der Waals surface area contributed by atoms with Gasteiger partial charge in [0.25, 0.3) is 0 Å². The van der Waals surface area contributed by atoms with Crippen LogP contribution in [0.4, 0.5) is 0 Å². The Bertz CT molecular complexity index is 264. The molecule has 4 nitrogen and oxygen atoms in total. The van der Waals surface area contributed by atoms with Crippen molar-refractivity contribution in [1.82, 2.24) is 5.32 Å². The lowest BCUT2D eigenvalue weighted by molar-refractivity contribution is -0.133. The van der Waals surface area contributed by atoms with Crippen LogP contribution < -0.4 is 5.32 Å². The number of hydrogen-bond acceptors (Lipinski definition) is 3. The third-order valence-corrected chi connectivity index (χ3v) is 2.98. The van der Waals surface area contributed by atoms with E-state index >= 15 is 0 Å². The predicted molar refractivity (Wildman–Crippen MR) is 50.8 cm³/mol. The highest BCUT2D eigenvalue weighted by Gasteiger charge is 2.43. The fraction of sp³-hybridized carbons (Fsp3) is 0.700. The Balaban J connectivity index is 1.70. The zero-order chi connectivity index (χ0) is 10.1. The van der Waals surface area contributed by atoms with Crippen LogP contribution in [0.2, 0.25) is 0 Å². The number of aliphatic carboxylic acids is 1. The maximum Gasteiger partial charge on any atom is 0.351 e. The topological polar surface area (TPSA) is 61.9 Å². The van der Waals surface area contributed by atoms with Crippen LogP contribution >= 0.6 is 0 Å². The molecule has 0 bridgehead atoms. The lowest BCUT2D eigenvalue weighted by Crippen LogP contribution is -2.28. The summed E-state index contributed by atoms with van der Waals surface area (Å²) >= 11 is 0. The van der Waals surface area contributed by atoms with E-state index in [1.54, 1.807) is 0 Å². The molecule has 2 rings (SSSR count). The molecule has 1 aliphatic carbocycles. The molecule has 78 valence electrons. The molecule has 3 unspecified atom stereocenters. The Hall–Kier alpha value is -1.03. The van der Waals surface area contributed by atoms with Gasteiger partial charge in [-0.3, -0.25) is 0 Å². The Morgan fingerprint density at radius 3 is 2.93 bits per heavy atom. The summed E-state index contributed by atoms with van der Waals surface area (Å²) in [7, 11) is 0. The molecule has 0 spiro atoms. The first-order chi connectivity index (χ1) is 6.66. The molecular formula is C10H15NO3. The van der Waals surface area contributed by atoms with E-state index in [1.165, 1.54) is 0 Å². The summed E-state index contributed by atoms with van der Waals surface area (Å²) in [6.45, 7) is 4.13. The minimum absolute atomic E-state index is 0.0869. The smallest absolute Gasteiger partial charge is 0.351 e. The molecule has 2 N–H and O–H groups in total. The SMILES string of the molecule is C=C(NCC1CCC2OC2C1)C(=O)O. The summed E-state index contributed by atoms with van der Waals surface area (Å²) in [6.07, 6.45) is 4.27. The highest BCUT2D eigenvalue weighted by Crippen LogP contribution is 2.39. The zero-order valence-electron chi connectivity index (χ0n) is 8.03. The van der Waals surface area contributed by atoms with Gasteiger partial charge in [0.2, 0.25) is 0 Å². The first-order valence-electron chi connectivity index (χ1n) is 4.98. The number of rotatable bonds is 4. The number of carboxylic acids is 1. The van der Waals surface area contributed by atoms with E-state index < -0.39 is 5.97 Å². The van der Waals surface area contributed by atoms with Crippen LogP contribution in [0.1, 0.15) is 19.3 Å². The van der Waals surface area contributed by atoms with Gasteiger partial charge < -0.3 is 15.2 Å². The van der Waals surface area contributed by atoms with Gasteiger partial charge in [-0.2, -0.15) is 0 Å². The molecule has 0 aromatic rings. The molecule has 1 saturated heterocycles. The van der Waals surface area contributed by atoms with Gasteiger partial charge in [0.05, 0.1) is 12.2 Å². The van der Waals surface area contributed by atoms with Crippen LogP contribution in [0.15, 0.2) is 12.3 Å². The highest BCUT2D eigenvalue weighted by molar-refractivity contribution is 5.84. The molecule has 0 radical (unpaired) electrons. The first-order valence-corrected chi connectivity index (χ1v) is 4.98. The normalized spacial score (nSPS) is 34.4. The number of nitrogens with one attached hydrogen (secondary N) is 1. The largest absolute Gasteiger partial charge is 0.477 e. The molecule has 0 aromatic heterocycles. The number of hydrogen-bond donors (Lipinski definition) is 2. The Morgan fingerprint density at radius 1 is 1.50 bits per heavy atom. The minimum atomic E-state index is -0.971. The second-order valence-electron chi connectivity index (χ2n) is 4.06. The van der Waals surface area contributed by atoms with E-state index in [1.807, 2.05) is 0 Å². The van der Waals surface area contributed by atoms with Crippen LogP contribution in [0.3, 0.4) is 0 Å².